The molecule has 0 spiro atoms. The van der Waals surface area contributed by atoms with Crippen molar-refractivity contribution in [1.29, 1.82) is 0 Å². The molecule has 1 unspecified atom stereocenters. The van der Waals surface area contributed by atoms with Crippen molar-refractivity contribution in [3.05, 3.63) is 74.7 Å². The minimum absolute atomic E-state index is 0. The fourth-order valence-corrected chi connectivity index (χ4v) is 4.97. The summed E-state index contributed by atoms with van der Waals surface area (Å²) in [6, 6.07) is 9.49. The van der Waals surface area contributed by atoms with Gasteiger partial charge in [-0.3, -0.25) is 14.5 Å². The predicted octanol–water partition coefficient (Wildman–Crippen LogP) is 7.34. The van der Waals surface area contributed by atoms with Crippen LogP contribution in [0.15, 0.2) is 47.7 Å². The second kappa shape index (κ2) is 8.61. The van der Waals surface area contributed by atoms with Crippen molar-refractivity contribution < 1.29 is 9.59 Å². The van der Waals surface area contributed by atoms with Crippen LogP contribution in [0.4, 0.5) is 17.1 Å². The van der Waals surface area contributed by atoms with Crippen LogP contribution in [0.2, 0.25) is 10.0 Å². The van der Waals surface area contributed by atoms with Gasteiger partial charge in [-0.15, -0.1) is 0 Å². The highest BCUT2D eigenvalue weighted by Gasteiger charge is 2.43. The van der Waals surface area contributed by atoms with E-state index in [1.165, 1.54) is 6.92 Å². The molecule has 2 aliphatic rings. The summed E-state index contributed by atoms with van der Waals surface area (Å²) in [5.41, 5.74) is 3.31. The number of Topliss-reactive ketones (excluding diaryl/α,β-unsaturated/α-hetero) is 1. The summed E-state index contributed by atoms with van der Waals surface area (Å²) in [6.07, 6.45) is 1.01. The lowest BCUT2D eigenvalue weighted by Crippen LogP contribution is -2.38. The molecule has 4 rings (SSSR count). The summed E-state index contributed by atoms with van der Waals surface area (Å²) < 4.78 is 0. The number of benzene rings is 2. The third kappa shape index (κ3) is 4.13. The zero-order chi connectivity index (χ0) is 22.5. The molecule has 32 heavy (non-hydrogen) atoms. The van der Waals surface area contributed by atoms with Crippen LogP contribution >= 0.6 is 23.2 Å². The smallest absolute Gasteiger partial charge is 0.224 e. The zero-order valence-electron chi connectivity index (χ0n) is 17.4. The van der Waals surface area contributed by atoms with E-state index in [0.29, 0.717) is 51.1 Å². The van der Waals surface area contributed by atoms with E-state index < -0.39 is 6.04 Å². The number of allylic oxidation sites excluding steroid dienone is 1. The molecule has 1 aliphatic heterocycles. The summed E-state index contributed by atoms with van der Waals surface area (Å²) in [5, 5.41) is 4.25. The minimum atomic E-state index is -0.726. The van der Waals surface area contributed by atoms with Gasteiger partial charge in [0, 0.05) is 34.7 Å². The average Bonchev–Trinajstić information content (AvgIpc) is 2.80. The number of fused-ring (bicyclic) bond motifs is 1. The molecule has 1 N–H and O–H groups in total. The maximum atomic E-state index is 13.4. The first-order valence-electron chi connectivity index (χ1n) is 9.91. The number of hydrogen-bond acceptors (Lipinski definition) is 3. The van der Waals surface area contributed by atoms with Crippen molar-refractivity contribution >= 4 is 52.0 Å². The number of nitrogens with zero attached hydrogens (tertiary/aromatic N) is 2. The summed E-state index contributed by atoms with van der Waals surface area (Å²) in [6.45, 7) is 13.0. The Bertz CT molecular complexity index is 1190. The normalized spacial score (nSPS) is 19.1. The molecule has 1 amide bonds. The molecule has 1 heterocycles. The largest absolute Gasteiger partial charge is 0.357 e. The number of halogens is 2. The quantitative estimate of drug-likeness (QED) is 0.444. The molecule has 0 saturated heterocycles. The van der Waals surface area contributed by atoms with Crippen molar-refractivity contribution in [2.24, 2.45) is 5.41 Å². The Hall–Kier alpha value is -2.81. The lowest BCUT2D eigenvalue weighted by molar-refractivity contribution is -0.118. The molecule has 0 aromatic heterocycles. The van der Waals surface area contributed by atoms with E-state index in [2.05, 4.69) is 24.0 Å². The monoisotopic (exact) mass is 469 g/mol. The molecule has 2 aromatic rings. The Morgan fingerprint density at radius 3 is 2.53 bits per heavy atom. The Morgan fingerprint density at radius 1 is 1.19 bits per heavy atom. The molecule has 7 heteroatoms. The second-order valence-corrected chi connectivity index (χ2v) is 9.57. The van der Waals surface area contributed by atoms with Gasteiger partial charge in [-0.25, -0.2) is 4.85 Å². The molecule has 0 radical (unpaired) electrons. The van der Waals surface area contributed by atoms with Crippen molar-refractivity contribution in [3.8, 4) is 0 Å². The molecule has 2 aromatic carbocycles. The highest BCUT2D eigenvalue weighted by Crippen LogP contribution is 2.50. The fraction of sp³-hybridized carbons (Fsp3) is 0.320. The van der Waals surface area contributed by atoms with Crippen LogP contribution in [0.25, 0.3) is 4.85 Å². The van der Waals surface area contributed by atoms with Crippen LogP contribution < -0.4 is 10.2 Å². The Morgan fingerprint density at radius 2 is 1.91 bits per heavy atom. The average molecular weight is 470 g/mol. The van der Waals surface area contributed by atoms with Crippen molar-refractivity contribution in [1.82, 2.24) is 0 Å². The van der Waals surface area contributed by atoms with E-state index >= 15 is 0 Å². The van der Waals surface area contributed by atoms with Crippen LogP contribution in [0.3, 0.4) is 0 Å². The number of rotatable bonds is 1. The first kappa shape index (κ1) is 23.8. The van der Waals surface area contributed by atoms with Crippen LogP contribution in [-0.2, 0) is 9.59 Å². The van der Waals surface area contributed by atoms with E-state index in [0.717, 1.165) is 5.70 Å². The van der Waals surface area contributed by atoms with Crippen molar-refractivity contribution in [3.63, 3.8) is 0 Å². The van der Waals surface area contributed by atoms with Crippen LogP contribution in [0, 0.1) is 12.0 Å². The van der Waals surface area contributed by atoms with Gasteiger partial charge >= 0.3 is 0 Å². The van der Waals surface area contributed by atoms with E-state index in [-0.39, 0.29) is 24.5 Å². The second-order valence-electron chi connectivity index (χ2n) is 8.73. The maximum Gasteiger partial charge on any atom is 0.224 e. The van der Waals surface area contributed by atoms with Gasteiger partial charge < -0.3 is 5.32 Å². The summed E-state index contributed by atoms with van der Waals surface area (Å²) in [4.78, 5) is 31.5. The molecule has 0 bridgehead atoms. The first-order chi connectivity index (χ1) is 14.6. The van der Waals surface area contributed by atoms with Gasteiger partial charge in [0.05, 0.1) is 24.0 Å². The number of carbonyl (C=O) groups is 2. The molecule has 166 valence electrons. The number of anilines is 2. The Labute approximate surface area is 198 Å². The van der Waals surface area contributed by atoms with E-state index in [1.807, 2.05) is 0 Å². The van der Waals surface area contributed by atoms with Crippen LogP contribution in [0.5, 0.6) is 0 Å². The molecule has 1 atom stereocenters. The van der Waals surface area contributed by atoms with Gasteiger partial charge in [0.2, 0.25) is 5.91 Å². The lowest BCUT2D eigenvalue weighted by atomic mass is 9.73. The Balaban J connectivity index is 0.00000289. The summed E-state index contributed by atoms with van der Waals surface area (Å²) in [5.74, 6) is -0.285. The standard InChI is InChI=1S/C24H21Cl2N3O2.CH4/c1-13(30)29-20-10-15(27-4)6-8-18(20)28-19-11-24(2,3)12-21(31)22(19)23(29)16-7-5-14(25)9-17(16)26;/h5-10,23,28H,11-12H2,1-3H3;1H4. The molecule has 1 aliphatic carbocycles. The van der Waals surface area contributed by atoms with Crippen molar-refractivity contribution in [2.45, 2.75) is 47.1 Å². The number of hydrogen-bond donors (Lipinski definition) is 1. The molecule has 0 saturated carbocycles. The number of nitrogens with one attached hydrogen (secondary N) is 1. The molecular formula is C25H25Cl2N3O2. The van der Waals surface area contributed by atoms with Gasteiger partial charge in [-0.2, -0.15) is 0 Å². The van der Waals surface area contributed by atoms with E-state index in [4.69, 9.17) is 29.8 Å². The molecule has 5 nitrogen and oxygen atoms in total. The van der Waals surface area contributed by atoms with Crippen molar-refractivity contribution in [2.75, 3.05) is 10.2 Å². The van der Waals surface area contributed by atoms with Gasteiger partial charge in [0.25, 0.3) is 0 Å². The maximum absolute atomic E-state index is 13.4. The highest BCUT2D eigenvalue weighted by molar-refractivity contribution is 6.35. The van der Waals surface area contributed by atoms with Crippen LogP contribution in [0.1, 0.15) is 52.6 Å². The fourth-order valence-electron chi connectivity index (χ4n) is 4.46. The van der Waals surface area contributed by atoms with Gasteiger partial charge in [-0.05, 0) is 41.7 Å². The number of carbonyl (C=O) groups excluding carboxylic acids is 2. The highest BCUT2D eigenvalue weighted by atomic mass is 35.5. The lowest BCUT2D eigenvalue weighted by Gasteiger charge is -2.37. The number of ketones is 1. The summed E-state index contributed by atoms with van der Waals surface area (Å²) in [7, 11) is 0. The molecular weight excluding hydrogens is 445 g/mol. The first-order valence-corrected chi connectivity index (χ1v) is 10.7. The third-order valence-corrected chi connectivity index (χ3v) is 6.27. The predicted molar refractivity (Wildman–Crippen MR) is 130 cm³/mol. The SMILES string of the molecule is C.[C-]#[N+]c1ccc2c(c1)N(C(C)=O)C(c1ccc(Cl)cc1Cl)C1=C(CC(C)(C)CC1=O)N2. The topological polar surface area (TPSA) is 53.8 Å². The molecule has 0 fully saturated rings. The van der Waals surface area contributed by atoms with Gasteiger partial charge in [0.1, 0.15) is 0 Å². The van der Waals surface area contributed by atoms with Crippen LogP contribution in [-0.4, -0.2) is 11.7 Å². The van der Waals surface area contributed by atoms with E-state index in [1.54, 1.807) is 41.3 Å². The van der Waals surface area contributed by atoms with E-state index in [9.17, 15) is 9.59 Å². The van der Waals surface area contributed by atoms with Gasteiger partial charge in [0.15, 0.2) is 11.5 Å². The third-order valence-electron chi connectivity index (χ3n) is 5.70. The number of amides is 1. The minimum Gasteiger partial charge on any atom is -0.357 e. The summed E-state index contributed by atoms with van der Waals surface area (Å²) >= 11 is 12.7. The zero-order valence-corrected chi connectivity index (χ0v) is 18.9. The van der Waals surface area contributed by atoms with Gasteiger partial charge in [-0.1, -0.05) is 56.6 Å². The Kier molecular flexibility index (Phi) is 6.42.